The van der Waals surface area contributed by atoms with Gasteiger partial charge in [0.15, 0.2) is 0 Å². The Morgan fingerprint density at radius 1 is 1.50 bits per heavy atom. The number of aromatic nitrogens is 2. The predicted molar refractivity (Wildman–Crippen MR) is 63.2 cm³/mol. The van der Waals surface area contributed by atoms with Gasteiger partial charge in [0.2, 0.25) is 0 Å². The Morgan fingerprint density at radius 2 is 2.31 bits per heavy atom. The topological polar surface area (TPSA) is 40.8 Å². The zero-order valence-electron chi connectivity index (χ0n) is 9.67. The molecule has 2 aromatic rings. The quantitative estimate of drug-likeness (QED) is 0.838. The Kier molecular flexibility index (Phi) is 3.22. The van der Waals surface area contributed by atoms with Crippen LogP contribution in [0.1, 0.15) is 12.6 Å². The largest absolute Gasteiger partial charge is 0.395 e. The maximum Gasteiger partial charge on any atom is 0.137 e. The lowest BCUT2D eigenvalue weighted by Gasteiger charge is -2.21. The second-order valence-corrected chi connectivity index (χ2v) is 4.15. The highest BCUT2D eigenvalue weighted by molar-refractivity contribution is 5.39. The fourth-order valence-corrected chi connectivity index (χ4v) is 1.61. The lowest BCUT2D eigenvalue weighted by molar-refractivity contribution is 0.153. The summed E-state index contributed by atoms with van der Waals surface area (Å²) >= 11 is 0. The molecular formula is C12H17N3O. The van der Waals surface area contributed by atoms with Crippen molar-refractivity contribution in [1.82, 2.24) is 14.3 Å². The summed E-state index contributed by atoms with van der Waals surface area (Å²) in [6.45, 7) is 2.92. The average molecular weight is 219 g/mol. The van der Waals surface area contributed by atoms with E-state index >= 15 is 0 Å². The van der Waals surface area contributed by atoms with Crippen molar-refractivity contribution < 1.29 is 5.11 Å². The van der Waals surface area contributed by atoms with Gasteiger partial charge >= 0.3 is 0 Å². The number of hydrogen-bond donors (Lipinski definition) is 1. The zero-order chi connectivity index (χ0) is 11.5. The van der Waals surface area contributed by atoms with Gasteiger partial charge in [0.25, 0.3) is 0 Å². The first-order chi connectivity index (χ1) is 7.70. The number of imidazole rings is 1. The number of hydrogen-bond acceptors (Lipinski definition) is 3. The summed E-state index contributed by atoms with van der Waals surface area (Å²) in [4.78, 5) is 6.59. The summed E-state index contributed by atoms with van der Waals surface area (Å²) < 4.78 is 2.01. The van der Waals surface area contributed by atoms with Crippen molar-refractivity contribution in [2.75, 3.05) is 13.7 Å². The number of nitrogens with zero attached hydrogens (tertiary/aromatic N) is 3. The second-order valence-electron chi connectivity index (χ2n) is 4.15. The van der Waals surface area contributed by atoms with Gasteiger partial charge in [-0.1, -0.05) is 6.07 Å². The van der Waals surface area contributed by atoms with Crippen LogP contribution >= 0.6 is 0 Å². The van der Waals surface area contributed by atoms with Crippen LogP contribution in [0.3, 0.4) is 0 Å². The molecule has 4 heteroatoms. The third-order valence-electron chi connectivity index (χ3n) is 2.84. The van der Waals surface area contributed by atoms with E-state index in [9.17, 15) is 0 Å². The minimum Gasteiger partial charge on any atom is -0.395 e. The Balaban J connectivity index is 2.15. The first-order valence-corrected chi connectivity index (χ1v) is 5.44. The van der Waals surface area contributed by atoms with Crippen LogP contribution in [0.4, 0.5) is 0 Å². The van der Waals surface area contributed by atoms with Crippen LogP contribution < -0.4 is 0 Å². The molecule has 1 N–H and O–H groups in total. The standard InChI is InChI=1S/C12H17N3O/c1-10(9-16)14(2)7-11-8-15-6-4-3-5-12(15)13-11/h3-6,8,10,16H,7,9H2,1-2H3. The highest BCUT2D eigenvalue weighted by atomic mass is 16.3. The van der Waals surface area contributed by atoms with Crippen LogP contribution in [0.15, 0.2) is 30.6 Å². The zero-order valence-corrected chi connectivity index (χ0v) is 9.67. The summed E-state index contributed by atoms with van der Waals surface area (Å²) in [6.07, 6.45) is 4.01. The second kappa shape index (κ2) is 4.63. The minimum absolute atomic E-state index is 0.157. The van der Waals surface area contributed by atoms with E-state index in [2.05, 4.69) is 9.88 Å². The smallest absolute Gasteiger partial charge is 0.137 e. The van der Waals surface area contributed by atoms with E-state index in [4.69, 9.17) is 5.11 Å². The van der Waals surface area contributed by atoms with Gasteiger partial charge in [-0.15, -0.1) is 0 Å². The molecular weight excluding hydrogens is 202 g/mol. The predicted octanol–water partition coefficient (Wildman–Crippen LogP) is 1.15. The fraction of sp³-hybridized carbons (Fsp3) is 0.417. The molecule has 0 aliphatic heterocycles. The monoisotopic (exact) mass is 219 g/mol. The molecule has 0 fully saturated rings. The first kappa shape index (κ1) is 11.1. The van der Waals surface area contributed by atoms with Gasteiger partial charge in [-0.2, -0.15) is 0 Å². The van der Waals surface area contributed by atoms with Crippen LogP contribution in [0.25, 0.3) is 5.65 Å². The molecule has 16 heavy (non-hydrogen) atoms. The maximum absolute atomic E-state index is 9.06. The molecule has 1 atom stereocenters. The molecule has 0 radical (unpaired) electrons. The van der Waals surface area contributed by atoms with Gasteiger partial charge < -0.3 is 9.51 Å². The molecule has 0 aromatic carbocycles. The van der Waals surface area contributed by atoms with Gasteiger partial charge in [0.05, 0.1) is 12.3 Å². The number of aliphatic hydroxyl groups is 1. The Bertz CT molecular complexity index is 433. The summed E-state index contributed by atoms with van der Waals surface area (Å²) in [5, 5.41) is 9.06. The van der Waals surface area contributed by atoms with Gasteiger partial charge in [-0.25, -0.2) is 4.98 Å². The van der Waals surface area contributed by atoms with E-state index in [1.807, 2.05) is 49.0 Å². The van der Waals surface area contributed by atoms with Crippen LogP contribution in [-0.4, -0.2) is 39.1 Å². The van der Waals surface area contributed by atoms with Crippen molar-refractivity contribution in [1.29, 1.82) is 0 Å². The van der Waals surface area contributed by atoms with Gasteiger partial charge in [0, 0.05) is 25.0 Å². The fourth-order valence-electron chi connectivity index (χ4n) is 1.61. The van der Waals surface area contributed by atoms with Gasteiger partial charge in [0.1, 0.15) is 5.65 Å². The van der Waals surface area contributed by atoms with Gasteiger partial charge in [-0.05, 0) is 26.1 Å². The summed E-state index contributed by atoms with van der Waals surface area (Å²) in [6, 6.07) is 6.11. The van der Waals surface area contributed by atoms with Gasteiger partial charge in [-0.3, -0.25) is 4.90 Å². The SMILES string of the molecule is CC(CO)N(C)Cc1cn2ccccc2n1. The Labute approximate surface area is 95.1 Å². The molecule has 0 amide bonds. The molecule has 0 aliphatic carbocycles. The molecule has 0 saturated carbocycles. The molecule has 0 bridgehead atoms. The van der Waals surface area contributed by atoms with E-state index < -0.39 is 0 Å². The molecule has 0 spiro atoms. The highest BCUT2D eigenvalue weighted by Crippen LogP contribution is 2.08. The molecule has 1 unspecified atom stereocenters. The number of fused-ring (bicyclic) bond motifs is 1. The van der Waals surface area contributed by atoms with Crippen molar-refractivity contribution in [2.45, 2.75) is 19.5 Å². The van der Waals surface area contributed by atoms with E-state index in [1.54, 1.807) is 0 Å². The number of aliphatic hydroxyl groups excluding tert-OH is 1. The van der Waals surface area contributed by atoms with Crippen molar-refractivity contribution in [3.05, 3.63) is 36.3 Å². The summed E-state index contributed by atoms with van der Waals surface area (Å²) in [7, 11) is 1.99. The molecule has 0 saturated heterocycles. The first-order valence-electron chi connectivity index (χ1n) is 5.44. The molecule has 2 heterocycles. The number of likely N-dealkylation sites (N-methyl/N-ethyl adjacent to an activating group) is 1. The highest BCUT2D eigenvalue weighted by Gasteiger charge is 2.10. The number of rotatable bonds is 4. The van der Waals surface area contributed by atoms with Crippen molar-refractivity contribution >= 4 is 5.65 Å². The third kappa shape index (κ3) is 2.23. The minimum atomic E-state index is 0.157. The number of pyridine rings is 1. The summed E-state index contributed by atoms with van der Waals surface area (Å²) in [5.74, 6) is 0. The lowest BCUT2D eigenvalue weighted by Crippen LogP contribution is -2.31. The summed E-state index contributed by atoms with van der Waals surface area (Å²) in [5.41, 5.74) is 1.98. The molecule has 86 valence electrons. The molecule has 2 rings (SSSR count). The molecule has 4 nitrogen and oxygen atoms in total. The van der Waals surface area contributed by atoms with Crippen LogP contribution in [0.2, 0.25) is 0 Å². The van der Waals surface area contributed by atoms with Crippen molar-refractivity contribution in [3.63, 3.8) is 0 Å². The van der Waals surface area contributed by atoms with E-state index in [0.717, 1.165) is 17.9 Å². The van der Waals surface area contributed by atoms with E-state index in [0.29, 0.717) is 0 Å². The average Bonchev–Trinajstić information content (AvgIpc) is 2.69. The Hall–Kier alpha value is -1.39. The third-order valence-corrected chi connectivity index (χ3v) is 2.84. The lowest BCUT2D eigenvalue weighted by atomic mass is 10.3. The van der Waals surface area contributed by atoms with E-state index in [-0.39, 0.29) is 12.6 Å². The normalized spacial score (nSPS) is 13.5. The van der Waals surface area contributed by atoms with Crippen molar-refractivity contribution in [3.8, 4) is 0 Å². The van der Waals surface area contributed by atoms with Crippen LogP contribution in [0, 0.1) is 0 Å². The van der Waals surface area contributed by atoms with Crippen LogP contribution in [-0.2, 0) is 6.54 Å². The molecule has 2 aromatic heterocycles. The van der Waals surface area contributed by atoms with Crippen molar-refractivity contribution in [2.24, 2.45) is 0 Å². The maximum atomic E-state index is 9.06. The van der Waals surface area contributed by atoms with Crippen LogP contribution in [0.5, 0.6) is 0 Å². The van der Waals surface area contributed by atoms with E-state index in [1.165, 1.54) is 0 Å². The molecule has 0 aliphatic rings. The Morgan fingerprint density at radius 3 is 3.00 bits per heavy atom.